The second kappa shape index (κ2) is 4.06. The van der Waals surface area contributed by atoms with Crippen molar-refractivity contribution in [2.75, 3.05) is 37.3 Å². The monoisotopic (exact) mass is 206 g/mol. The van der Waals surface area contributed by atoms with Gasteiger partial charge in [0.25, 0.3) is 0 Å². The molecule has 2 N–H and O–H groups in total. The molecule has 0 aliphatic carbocycles. The Morgan fingerprint density at radius 3 is 2.87 bits per heavy atom. The van der Waals surface area contributed by atoms with E-state index in [0.717, 1.165) is 31.0 Å². The Balaban J connectivity index is 2.17. The van der Waals surface area contributed by atoms with Crippen molar-refractivity contribution in [3.05, 3.63) is 18.5 Å². The molecule has 0 spiro atoms. The fraction of sp³-hybridized carbons (Fsp3) is 0.545. The number of likely N-dealkylation sites (N-methyl/N-ethyl adjacent to an activating group) is 1. The zero-order valence-corrected chi connectivity index (χ0v) is 9.35. The molecule has 0 aromatic carbocycles. The third kappa shape index (κ3) is 2.21. The van der Waals surface area contributed by atoms with Crippen LogP contribution in [0, 0.1) is 0 Å². The highest BCUT2D eigenvalue weighted by molar-refractivity contribution is 5.54. The Morgan fingerprint density at radius 2 is 2.20 bits per heavy atom. The van der Waals surface area contributed by atoms with E-state index in [-0.39, 0.29) is 0 Å². The van der Waals surface area contributed by atoms with Gasteiger partial charge in [-0.15, -0.1) is 0 Å². The van der Waals surface area contributed by atoms with E-state index in [1.807, 2.05) is 12.3 Å². The molecule has 1 aliphatic rings. The summed E-state index contributed by atoms with van der Waals surface area (Å²) in [5.41, 5.74) is 7.61. The van der Waals surface area contributed by atoms with Crippen LogP contribution in [0.5, 0.6) is 0 Å². The van der Waals surface area contributed by atoms with Crippen LogP contribution in [0.4, 0.5) is 11.4 Å². The molecule has 0 bridgehead atoms. The molecule has 1 aromatic heterocycles. The summed E-state index contributed by atoms with van der Waals surface area (Å²) < 4.78 is 0. The van der Waals surface area contributed by atoms with Crippen molar-refractivity contribution in [3.8, 4) is 0 Å². The summed E-state index contributed by atoms with van der Waals surface area (Å²) in [6.07, 6.45) is 3.57. The van der Waals surface area contributed by atoms with Crippen molar-refractivity contribution in [1.82, 2.24) is 9.88 Å². The number of nitrogens with zero attached hydrogens (tertiary/aromatic N) is 3. The number of pyridine rings is 1. The van der Waals surface area contributed by atoms with Crippen LogP contribution >= 0.6 is 0 Å². The van der Waals surface area contributed by atoms with Crippen molar-refractivity contribution in [2.45, 2.75) is 13.0 Å². The molecule has 2 heterocycles. The molecule has 1 atom stereocenters. The average molecular weight is 206 g/mol. The largest absolute Gasteiger partial charge is 0.397 e. The van der Waals surface area contributed by atoms with E-state index >= 15 is 0 Å². The summed E-state index contributed by atoms with van der Waals surface area (Å²) in [5.74, 6) is 0. The lowest BCUT2D eigenvalue weighted by Gasteiger charge is -2.39. The van der Waals surface area contributed by atoms with Crippen LogP contribution in [0.3, 0.4) is 0 Å². The van der Waals surface area contributed by atoms with Gasteiger partial charge >= 0.3 is 0 Å². The van der Waals surface area contributed by atoms with Crippen LogP contribution in [0.2, 0.25) is 0 Å². The average Bonchev–Trinajstić information content (AvgIpc) is 2.17. The summed E-state index contributed by atoms with van der Waals surface area (Å²) in [6.45, 7) is 5.47. The van der Waals surface area contributed by atoms with Crippen LogP contribution in [-0.4, -0.2) is 42.6 Å². The summed E-state index contributed by atoms with van der Waals surface area (Å²) in [6, 6.07) is 2.52. The number of nitrogen functional groups attached to an aromatic ring is 1. The lowest BCUT2D eigenvalue weighted by atomic mass is 10.2. The van der Waals surface area contributed by atoms with E-state index in [4.69, 9.17) is 5.73 Å². The topological polar surface area (TPSA) is 45.4 Å². The molecule has 0 amide bonds. The van der Waals surface area contributed by atoms with E-state index in [0.29, 0.717) is 6.04 Å². The molecule has 1 unspecified atom stereocenters. The lowest BCUT2D eigenvalue weighted by molar-refractivity contribution is 0.275. The molecule has 2 rings (SSSR count). The molecule has 1 saturated heterocycles. The predicted octanol–water partition coefficient (Wildman–Crippen LogP) is 0.804. The molecule has 4 nitrogen and oxygen atoms in total. The molecule has 0 saturated carbocycles. The minimum atomic E-state index is 0.521. The van der Waals surface area contributed by atoms with Gasteiger partial charge in [-0.2, -0.15) is 0 Å². The number of anilines is 2. The van der Waals surface area contributed by atoms with Gasteiger partial charge < -0.3 is 15.5 Å². The Labute approximate surface area is 90.7 Å². The van der Waals surface area contributed by atoms with Crippen molar-refractivity contribution in [3.63, 3.8) is 0 Å². The Bertz CT molecular complexity index is 339. The van der Waals surface area contributed by atoms with Gasteiger partial charge in [0.1, 0.15) is 0 Å². The highest BCUT2D eigenvalue weighted by Gasteiger charge is 2.21. The number of nitrogens with two attached hydrogens (primary N) is 1. The molecule has 1 fully saturated rings. The lowest BCUT2D eigenvalue weighted by Crippen LogP contribution is -2.50. The van der Waals surface area contributed by atoms with Crippen molar-refractivity contribution in [2.24, 2.45) is 0 Å². The van der Waals surface area contributed by atoms with Crippen LogP contribution in [0.1, 0.15) is 6.92 Å². The van der Waals surface area contributed by atoms with Gasteiger partial charge in [-0.1, -0.05) is 0 Å². The van der Waals surface area contributed by atoms with Gasteiger partial charge in [0.2, 0.25) is 0 Å². The predicted molar refractivity (Wildman–Crippen MR) is 63.0 cm³/mol. The third-order valence-electron chi connectivity index (χ3n) is 2.91. The van der Waals surface area contributed by atoms with E-state index in [1.165, 1.54) is 0 Å². The van der Waals surface area contributed by atoms with E-state index < -0.39 is 0 Å². The quantitative estimate of drug-likeness (QED) is 0.738. The first-order chi connectivity index (χ1) is 7.16. The van der Waals surface area contributed by atoms with Crippen molar-refractivity contribution < 1.29 is 0 Å². The summed E-state index contributed by atoms with van der Waals surface area (Å²) in [5, 5.41) is 0. The first-order valence-corrected chi connectivity index (χ1v) is 5.32. The smallest absolute Gasteiger partial charge is 0.0576 e. The summed E-state index contributed by atoms with van der Waals surface area (Å²) in [7, 11) is 2.16. The Morgan fingerprint density at radius 1 is 1.40 bits per heavy atom. The zero-order chi connectivity index (χ0) is 10.8. The fourth-order valence-corrected chi connectivity index (χ4v) is 2.13. The number of aromatic nitrogens is 1. The third-order valence-corrected chi connectivity index (χ3v) is 2.91. The van der Waals surface area contributed by atoms with Gasteiger partial charge in [0.05, 0.1) is 17.6 Å². The van der Waals surface area contributed by atoms with Gasteiger partial charge in [0, 0.05) is 31.9 Å². The normalized spacial score (nSPS) is 23.1. The van der Waals surface area contributed by atoms with Gasteiger partial charge in [0.15, 0.2) is 0 Å². The molecule has 4 heteroatoms. The molecular formula is C11H18N4. The van der Waals surface area contributed by atoms with Crippen molar-refractivity contribution >= 4 is 11.4 Å². The van der Waals surface area contributed by atoms with Crippen molar-refractivity contribution in [1.29, 1.82) is 0 Å². The first kappa shape index (κ1) is 10.2. The summed E-state index contributed by atoms with van der Waals surface area (Å²) >= 11 is 0. The van der Waals surface area contributed by atoms with Crippen LogP contribution < -0.4 is 10.6 Å². The first-order valence-electron chi connectivity index (χ1n) is 5.32. The maximum Gasteiger partial charge on any atom is 0.0576 e. The summed E-state index contributed by atoms with van der Waals surface area (Å²) in [4.78, 5) is 8.85. The molecule has 15 heavy (non-hydrogen) atoms. The molecular weight excluding hydrogens is 188 g/mol. The Kier molecular flexibility index (Phi) is 2.77. The number of hydrogen-bond acceptors (Lipinski definition) is 4. The molecule has 82 valence electrons. The SMILES string of the molecule is CC1CN(C)CCN1c1cncc(N)c1. The fourth-order valence-electron chi connectivity index (χ4n) is 2.13. The van der Waals surface area contributed by atoms with Gasteiger partial charge in [-0.05, 0) is 20.0 Å². The number of piperazine rings is 1. The van der Waals surface area contributed by atoms with E-state index in [2.05, 4.69) is 28.8 Å². The maximum absolute atomic E-state index is 5.74. The van der Waals surface area contributed by atoms with E-state index in [9.17, 15) is 0 Å². The van der Waals surface area contributed by atoms with Gasteiger partial charge in [-0.3, -0.25) is 4.98 Å². The van der Waals surface area contributed by atoms with Crippen LogP contribution in [-0.2, 0) is 0 Å². The van der Waals surface area contributed by atoms with Crippen LogP contribution in [0.25, 0.3) is 0 Å². The van der Waals surface area contributed by atoms with Gasteiger partial charge in [-0.25, -0.2) is 0 Å². The minimum absolute atomic E-state index is 0.521. The molecule has 0 radical (unpaired) electrons. The second-order valence-electron chi connectivity index (χ2n) is 4.28. The highest BCUT2D eigenvalue weighted by atomic mass is 15.3. The van der Waals surface area contributed by atoms with Crippen LogP contribution in [0.15, 0.2) is 18.5 Å². The minimum Gasteiger partial charge on any atom is -0.397 e. The Hall–Kier alpha value is -1.29. The zero-order valence-electron chi connectivity index (χ0n) is 9.35. The molecule has 1 aliphatic heterocycles. The maximum atomic E-state index is 5.74. The second-order valence-corrected chi connectivity index (χ2v) is 4.28. The van der Waals surface area contributed by atoms with E-state index in [1.54, 1.807) is 6.20 Å². The number of rotatable bonds is 1. The number of hydrogen-bond donors (Lipinski definition) is 1. The standard InChI is InChI=1S/C11H18N4/c1-9-8-14(2)3-4-15(9)11-5-10(12)6-13-7-11/h5-7,9H,3-4,8,12H2,1-2H3. The molecule has 1 aromatic rings. The highest BCUT2D eigenvalue weighted by Crippen LogP contribution is 2.20.